The van der Waals surface area contributed by atoms with Crippen molar-refractivity contribution >= 4 is 49.9 Å². The molecule has 2 fully saturated rings. The minimum atomic E-state index is -0.377. The largest absolute Gasteiger partial charge is 0.310 e. The highest BCUT2D eigenvalue weighted by molar-refractivity contribution is 9.10. The summed E-state index contributed by atoms with van der Waals surface area (Å²) >= 11 is 4.89. The van der Waals surface area contributed by atoms with E-state index in [1.807, 2.05) is 24.3 Å². The Bertz CT molecular complexity index is 805. The minimum absolute atomic E-state index is 0.0435. The molecule has 124 valence electrons. The van der Waals surface area contributed by atoms with Crippen molar-refractivity contribution in [2.45, 2.75) is 25.2 Å². The molecule has 2 aromatic rings. The van der Waals surface area contributed by atoms with E-state index in [1.54, 1.807) is 4.90 Å². The molecular formula is C16H15BrN4O2S. The van der Waals surface area contributed by atoms with Crippen molar-refractivity contribution in [2.24, 2.45) is 5.92 Å². The van der Waals surface area contributed by atoms with Gasteiger partial charge < -0.3 is 10.2 Å². The highest BCUT2D eigenvalue weighted by atomic mass is 79.9. The van der Waals surface area contributed by atoms with Crippen LogP contribution in [0.4, 0.5) is 10.8 Å². The minimum Gasteiger partial charge on any atom is -0.310 e. The molecule has 1 saturated heterocycles. The number of amides is 2. The standard InChI is InChI=1S/C16H15BrN4O2S/c17-11-3-1-2-4-12(11)21-8-10(7-13(21)22)14(23)18-16-20-19-15(24-16)9-5-6-9/h1-4,9-10H,5-8H2,(H,18,20,23). The Morgan fingerprint density at radius 2 is 2.08 bits per heavy atom. The molecule has 2 aliphatic rings. The first kappa shape index (κ1) is 15.7. The molecule has 8 heteroatoms. The van der Waals surface area contributed by atoms with Crippen LogP contribution < -0.4 is 10.2 Å². The molecule has 1 unspecified atom stereocenters. The Balaban J connectivity index is 1.44. The second kappa shape index (κ2) is 6.25. The summed E-state index contributed by atoms with van der Waals surface area (Å²) < 4.78 is 0.845. The topological polar surface area (TPSA) is 75.2 Å². The predicted octanol–water partition coefficient (Wildman–Crippen LogP) is 3.17. The smallest absolute Gasteiger partial charge is 0.231 e. The average molecular weight is 407 g/mol. The molecule has 0 radical (unpaired) electrons. The SMILES string of the molecule is O=C(Nc1nnc(C2CC2)s1)C1CC(=O)N(c2ccccc2Br)C1. The number of carbonyl (C=O) groups is 2. The van der Waals surface area contributed by atoms with Gasteiger partial charge in [-0.25, -0.2) is 0 Å². The molecule has 2 amide bonds. The van der Waals surface area contributed by atoms with E-state index < -0.39 is 0 Å². The first-order valence-electron chi connectivity index (χ1n) is 7.81. The molecule has 24 heavy (non-hydrogen) atoms. The molecular weight excluding hydrogens is 392 g/mol. The van der Waals surface area contributed by atoms with E-state index in [0.717, 1.165) is 28.0 Å². The normalized spacial score (nSPS) is 20.5. The Hall–Kier alpha value is -1.80. The molecule has 1 aromatic heterocycles. The lowest BCUT2D eigenvalue weighted by molar-refractivity contribution is -0.122. The highest BCUT2D eigenvalue weighted by Crippen LogP contribution is 2.42. The van der Waals surface area contributed by atoms with Crippen LogP contribution in [0.3, 0.4) is 0 Å². The van der Waals surface area contributed by atoms with Crippen LogP contribution in [0.5, 0.6) is 0 Å². The number of halogens is 1. The van der Waals surface area contributed by atoms with Gasteiger partial charge in [0.1, 0.15) is 5.01 Å². The van der Waals surface area contributed by atoms with Crippen molar-refractivity contribution in [1.82, 2.24) is 10.2 Å². The fraction of sp³-hybridized carbons (Fsp3) is 0.375. The molecule has 0 spiro atoms. The lowest BCUT2D eigenvalue weighted by Crippen LogP contribution is -2.28. The van der Waals surface area contributed by atoms with Crippen LogP contribution in [0.25, 0.3) is 0 Å². The summed E-state index contributed by atoms with van der Waals surface area (Å²) in [4.78, 5) is 26.4. The molecule has 2 heterocycles. The van der Waals surface area contributed by atoms with Gasteiger partial charge in [-0.15, -0.1) is 10.2 Å². The Morgan fingerprint density at radius 1 is 1.29 bits per heavy atom. The molecule has 1 aromatic carbocycles. The Kier molecular flexibility index (Phi) is 4.09. The number of nitrogens with zero attached hydrogens (tertiary/aromatic N) is 3. The van der Waals surface area contributed by atoms with Crippen LogP contribution >= 0.6 is 27.3 Å². The second-order valence-corrected chi connectivity index (χ2v) is 7.93. The van der Waals surface area contributed by atoms with E-state index in [2.05, 4.69) is 31.4 Å². The summed E-state index contributed by atoms with van der Waals surface area (Å²) in [7, 11) is 0. The molecule has 1 atom stereocenters. The number of aromatic nitrogens is 2. The molecule has 1 N–H and O–H groups in total. The third kappa shape index (κ3) is 3.08. The number of hydrogen-bond acceptors (Lipinski definition) is 5. The van der Waals surface area contributed by atoms with E-state index in [1.165, 1.54) is 11.3 Å². The molecule has 1 aliphatic carbocycles. The summed E-state index contributed by atoms with van der Waals surface area (Å²) in [5, 5.41) is 12.5. The second-order valence-electron chi connectivity index (χ2n) is 6.07. The number of anilines is 2. The third-order valence-corrected chi connectivity index (χ3v) is 5.91. The summed E-state index contributed by atoms with van der Waals surface area (Å²) in [6.45, 7) is 0.377. The van der Waals surface area contributed by atoms with E-state index in [4.69, 9.17) is 0 Å². The van der Waals surface area contributed by atoms with Crippen molar-refractivity contribution in [1.29, 1.82) is 0 Å². The van der Waals surface area contributed by atoms with E-state index in [0.29, 0.717) is 17.6 Å². The summed E-state index contributed by atoms with van der Waals surface area (Å²) in [6, 6.07) is 7.53. The Labute approximate surface area is 151 Å². The zero-order valence-electron chi connectivity index (χ0n) is 12.7. The number of para-hydroxylation sites is 1. The summed E-state index contributed by atoms with van der Waals surface area (Å²) in [6.07, 6.45) is 2.52. The number of nitrogens with one attached hydrogen (secondary N) is 1. The van der Waals surface area contributed by atoms with Crippen molar-refractivity contribution < 1.29 is 9.59 Å². The fourth-order valence-electron chi connectivity index (χ4n) is 2.77. The zero-order chi connectivity index (χ0) is 16.7. The van der Waals surface area contributed by atoms with Crippen molar-refractivity contribution in [3.8, 4) is 0 Å². The monoisotopic (exact) mass is 406 g/mol. The van der Waals surface area contributed by atoms with Crippen LogP contribution in [-0.4, -0.2) is 28.6 Å². The maximum Gasteiger partial charge on any atom is 0.231 e. The summed E-state index contributed by atoms with van der Waals surface area (Å²) in [5.74, 6) is -0.0700. The molecule has 1 aliphatic heterocycles. The predicted molar refractivity (Wildman–Crippen MR) is 95.1 cm³/mol. The van der Waals surface area contributed by atoms with Gasteiger partial charge >= 0.3 is 0 Å². The molecule has 4 rings (SSSR count). The molecule has 0 bridgehead atoms. The number of benzene rings is 1. The first-order valence-corrected chi connectivity index (χ1v) is 9.42. The van der Waals surface area contributed by atoms with Gasteiger partial charge in [0.15, 0.2) is 0 Å². The highest BCUT2D eigenvalue weighted by Gasteiger charge is 2.36. The van der Waals surface area contributed by atoms with Crippen LogP contribution in [0, 0.1) is 5.92 Å². The molecule has 1 saturated carbocycles. The van der Waals surface area contributed by atoms with Crippen molar-refractivity contribution in [3.63, 3.8) is 0 Å². The lowest BCUT2D eigenvalue weighted by Gasteiger charge is -2.18. The van der Waals surface area contributed by atoms with Gasteiger partial charge in [0.2, 0.25) is 16.9 Å². The first-order chi connectivity index (χ1) is 11.6. The van der Waals surface area contributed by atoms with Crippen molar-refractivity contribution in [2.75, 3.05) is 16.8 Å². The maximum atomic E-state index is 12.5. The van der Waals surface area contributed by atoms with E-state index in [9.17, 15) is 9.59 Å². The van der Waals surface area contributed by atoms with Gasteiger partial charge in [-0.05, 0) is 40.9 Å². The van der Waals surface area contributed by atoms with Crippen molar-refractivity contribution in [3.05, 3.63) is 33.7 Å². The summed E-state index contributed by atoms with van der Waals surface area (Å²) in [5.41, 5.74) is 0.796. The van der Waals surface area contributed by atoms with Crippen LogP contribution in [0.2, 0.25) is 0 Å². The number of rotatable bonds is 4. The van der Waals surface area contributed by atoms with Crippen LogP contribution in [-0.2, 0) is 9.59 Å². The van der Waals surface area contributed by atoms with Gasteiger partial charge in [0.25, 0.3) is 0 Å². The van der Waals surface area contributed by atoms with Gasteiger partial charge in [0.05, 0.1) is 11.6 Å². The fourth-order valence-corrected chi connectivity index (χ4v) is 4.19. The van der Waals surface area contributed by atoms with Gasteiger partial charge in [-0.2, -0.15) is 0 Å². The van der Waals surface area contributed by atoms with E-state index >= 15 is 0 Å². The van der Waals surface area contributed by atoms with E-state index in [-0.39, 0.29) is 24.2 Å². The number of carbonyl (C=O) groups excluding carboxylic acids is 2. The van der Waals surface area contributed by atoms with Crippen LogP contribution in [0.15, 0.2) is 28.7 Å². The van der Waals surface area contributed by atoms with Crippen LogP contribution in [0.1, 0.15) is 30.2 Å². The quantitative estimate of drug-likeness (QED) is 0.845. The number of hydrogen-bond donors (Lipinski definition) is 1. The van der Waals surface area contributed by atoms with Gasteiger partial charge in [0, 0.05) is 23.4 Å². The average Bonchev–Trinajstić information content (AvgIpc) is 3.19. The third-order valence-electron chi connectivity index (χ3n) is 4.24. The lowest BCUT2D eigenvalue weighted by atomic mass is 10.1. The molecule has 6 nitrogen and oxygen atoms in total. The van der Waals surface area contributed by atoms with Gasteiger partial charge in [-0.3, -0.25) is 9.59 Å². The zero-order valence-corrected chi connectivity index (χ0v) is 15.1. The Morgan fingerprint density at radius 3 is 2.83 bits per heavy atom. The maximum absolute atomic E-state index is 12.5. The van der Waals surface area contributed by atoms with Gasteiger partial charge in [-0.1, -0.05) is 23.5 Å².